The van der Waals surface area contributed by atoms with Gasteiger partial charge in [-0.3, -0.25) is 4.79 Å². The second-order valence-corrected chi connectivity index (χ2v) is 10.1. The van der Waals surface area contributed by atoms with Crippen LogP contribution in [-0.4, -0.2) is 28.5 Å². The maximum atomic E-state index is 12.6. The number of fused-ring (bicyclic) bond motifs is 1. The lowest BCUT2D eigenvalue weighted by Gasteiger charge is -2.22. The predicted molar refractivity (Wildman–Crippen MR) is 200 cm³/mol. The van der Waals surface area contributed by atoms with Gasteiger partial charge in [-0.25, -0.2) is 14.4 Å². The summed E-state index contributed by atoms with van der Waals surface area (Å²) in [5.41, 5.74) is 3.03. The number of carbonyl (C=O) groups excluding carboxylic acids is 1. The maximum absolute atomic E-state index is 12.6. The van der Waals surface area contributed by atoms with E-state index in [0.717, 1.165) is 41.0 Å². The van der Waals surface area contributed by atoms with E-state index in [1.54, 1.807) is 32.1 Å². The van der Waals surface area contributed by atoms with Crippen molar-refractivity contribution in [3.8, 4) is 5.75 Å². The summed E-state index contributed by atoms with van der Waals surface area (Å²) in [4.78, 5) is 20.5. The molecule has 2 aromatic rings. The number of Topliss-reactive ketones (excluding diaryl/α,β-unsaturated/α-hetero) is 1. The Balaban J connectivity index is -0.000000560. The van der Waals surface area contributed by atoms with Crippen LogP contribution in [-0.2, 0) is 4.79 Å². The zero-order chi connectivity index (χ0) is 36.0. The third-order valence-corrected chi connectivity index (χ3v) is 6.13. The standard InChI is InChI=1S/C26H34FN3O2.C5H12.4C2H6/c1-7-9-22(12-18(3)21(6)31)32-25-14-23-24(13-19(25)4)28-16-29-26(23)30-20(5)11-8-10-17(2)15-27;1-4-5(2)3;4*1-2/h8,10-11,13-14,16,18,22H,5,7,9,12,15H2,1-4,6H3,(H,28,29,30);5H,4H2,1-3H3;4*1-2H3/b11-8-,17-10-;;;;;. The number of hydrogen-bond donors (Lipinski definition) is 1. The zero-order valence-corrected chi connectivity index (χ0v) is 32.0. The molecule has 0 radical (unpaired) electrons. The molecule has 1 heterocycles. The highest BCUT2D eigenvalue weighted by Crippen LogP contribution is 2.30. The van der Waals surface area contributed by atoms with Gasteiger partial charge in [0.2, 0.25) is 0 Å². The smallest absolute Gasteiger partial charge is 0.141 e. The molecule has 0 aliphatic rings. The van der Waals surface area contributed by atoms with Gasteiger partial charge in [0.15, 0.2) is 0 Å². The Hall–Kier alpha value is -3.02. The average molecular weight is 632 g/mol. The molecule has 0 saturated carbocycles. The maximum Gasteiger partial charge on any atom is 0.141 e. The van der Waals surface area contributed by atoms with E-state index in [1.807, 2.05) is 81.4 Å². The molecule has 45 heavy (non-hydrogen) atoms. The van der Waals surface area contributed by atoms with Gasteiger partial charge in [-0.1, -0.05) is 122 Å². The van der Waals surface area contributed by atoms with Crippen molar-refractivity contribution in [2.45, 2.75) is 143 Å². The molecule has 260 valence electrons. The van der Waals surface area contributed by atoms with Gasteiger partial charge in [-0.05, 0) is 68.9 Å². The molecule has 0 saturated heterocycles. The van der Waals surface area contributed by atoms with Gasteiger partial charge >= 0.3 is 0 Å². The molecule has 0 aliphatic carbocycles. The quantitative estimate of drug-likeness (QED) is 0.223. The molecular weight excluding hydrogens is 561 g/mol. The Labute approximate surface area is 278 Å². The van der Waals surface area contributed by atoms with Crippen molar-refractivity contribution >= 4 is 22.5 Å². The van der Waals surface area contributed by atoms with Gasteiger partial charge in [0.25, 0.3) is 0 Å². The molecule has 0 spiro atoms. The second-order valence-electron chi connectivity index (χ2n) is 10.1. The van der Waals surface area contributed by atoms with Crippen molar-refractivity contribution in [2.24, 2.45) is 11.8 Å². The number of hydrogen-bond acceptors (Lipinski definition) is 5. The summed E-state index contributed by atoms with van der Waals surface area (Å²) in [6.45, 7) is 35.6. The fraction of sp³-hybridized carbons (Fsp3) is 0.615. The van der Waals surface area contributed by atoms with E-state index in [9.17, 15) is 9.18 Å². The highest BCUT2D eigenvalue weighted by atomic mass is 19.1. The van der Waals surface area contributed by atoms with E-state index in [0.29, 0.717) is 23.5 Å². The third kappa shape index (κ3) is 23.0. The molecule has 2 rings (SSSR count). The number of ether oxygens (including phenoxy) is 1. The largest absolute Gasteiger partial charge is 0.490 e. The van der Waals surface area contributed by atoms with Crippen molar-refractivity contribution in [3.63, 3.8) is 0 Å². The van der Waals surface area contributed by atoms with Crippen molar-refractivity contribution in [2.75, 3.05) is 12.0 Å². The van der Waals surface area contributed by atoms with E-state index in [-0.39, 0.29) is 17.8 Å². The van der Waals surface area contributed by atoms with Crippen LogP contribution in [0.3, 0.4) is 0 Å². The number of anilines is 1. The lowest BCUT2D eigenvalue weighted by molar-refractivity contribution is -0.121. The van der Waals surface area contributed by atoms with Crippen molar-refractivity contribution in [1.82, 2.24) is 9.97 Å². The molecule has 0 bridgehead atoms. The molecular formula is C39H70FN3O2. The summed E-state index contributed by atoms with van der Waals surface area (Å²) in [6, 6.07) is 3.92. The number of allylic oxidation sites excluding steroid dienone is 4. The summed E-state index contributed by atoms with van der Waals surface area (Å²) >= 11 is 0. The molecule has 5 nitrogen and oxygen atoms in total. The Morgan fingerprint density at radius 3 is 2.02 bits per heavy atom. The average Bonchev–Trinajstić information content (AvgIpc) is 3.05. The van der Waals surface area contributed by atoms with Crippen LogP contribution in [0.4, 0.5) is 10.2 Å². The number of ketones is 1. The van der Waals surface area contributed by atoms with E-state index in [2.05, 4.69) is 49.6 Å². The Kier molecular flexibility index (Phi) is 35.2. The minimum Gasteiger partial charge on any atom is -0.490 e. The van der Waals surface area contributed by atoms with Crippen molar-refractivity contribution in [3.05, 3.63) is 60.1 Å². The van der Waals surface area contributed by atoms with Gasteiger partial charge in [-0.2, -0.15) is 0 Å². The Morgan fingerprint density at radius 2 is 1.56 bits per heavy atom. The van der Waals surface area contributed by atoms with Gasteiger partial charge < -0.3 is 10.1 Å². The van der Waals surface area contributed by atoms with Crippen LogP contribution < -0.4 is 10.1 Å². The van der Waals surface area contributed by atoms with Crippen molar-refractivity contribution in [1.29, 1.82) is 0 Å². The number of aryl methyl sites for hydroxylation is 1. The fourth-order valence-electron chi connectivity index (χ4n) is 3.27. The lowest BCUT2D eigenvalue weighted by atomic mass is 9.97. The molecule has 1 aromatic heterocycles. The number of carbonyl (C=O) groups is 1. The van der Waals surface area contributed by atoms with Crippen LogP contribution in [0.5, 0.6) is 5.75 Å². The van der Waals surface area contributed by atoms with Crippen LogP contribution in [0.1, 0.15) is 135 Å². The monoisotopic (exact) mass is 632 g/mol. The minimum absolute atomic E-state index is 0.0421. The Bertz CT molecular complexity index is 1080. The number of halogens is 1. The summed E-state index contributed by atoms with van der Waals surface area (Å²) in [5, 5.41) is 4.01. The van der Waals surface area contributed by atoms with E-state index in [1.165, 1.54) is 12.7 Å². The third-order valence-electron chi connectivity index (χ3n) is 6.13. The summed E-state index contributed by atoms with van der Waals surface area (Å²) in [5.74, 6) is 2.39. The molecule has 0 fully saturated rings. The first-order valence-corrected chi connectivity index (χ1v) is 17.3. The lowest BCUT2D eigenvalue weighted by Crippen LogP contribution is -2.23. The predicted octanol–water partition coefficient (Wildman–Crippen LogP) is 12.7. The normalized spacial score (nSPS) is 11.5. The molecule has 0 aliphatic heterocycles. The number of benzene rings is 1. The van der Waals surface area contributed by atoms with Crippen LogP contribution >= 0.6 is 0 Å². The van der Waals surface area contributed by atoms with Crippen LogP contribution in [0, 0.1) is 18.8 Å². The summed E-state index contributed by atoms with van der Waals surface area (Å²) < 4.78 is 18.9. The first-order chi connectivity index (χ1) is 21.5. The highest BCUT2D eigenvalue weighted by molar-refractivity contribution is 5.91. The summed E-state index contributed by atoms with van der Waals surface area (Å²) in [7, 11) is 0. The number of nitrogens with one attached hydrogen (secondary N) is 1. The minimum atomic E-state index is -0.479. The molecule has 6 heteroatoms. The van der Waals surface area contributed by atoms with Gasteiger partial charge in [0, 0.05) is 17.0 Å². The van der Waals surface area contributed by atoms with Crippen molar-refractivity contribution < 1.29 is 13.9 Å². The fourth-order valence-corrected chi connectivity index (χ4v) is 3.27. The van der Waals surface area contributed by atoms with Crippen LogP contribution in [0.2, 0.25) is 0 Å². The zero-order valence-electron chi connectivity index (χ0n) is 32.0. The van der Waals surface area contributed by atoms with Gasteiger partial charge in [0.1, 0.15) is 30.4 Å². The van der Waals surface area contributed by atoms with E-state index < -0.39 is 6.67 Å². The first-order valence-electron chi connectivity index (χ1n) is 17.3. The Morgan fingerprint density at radius 1 is 1.00 bits per heavy atom. The van der Waals surface area contributed by atoms with Gasteiger partial charge in [0.05, 0.1) is 11.6 Å². The van der Waals surface area contributed by atoms with Crippen LogP contribution in [0.25, 0.3) is 10.9 Å². The first kappa shape index (κ1) is 48.9. The number of aromatic nitrogens is 2. The van der Waals surface area contributed by atoms with Gasteiger partial charge in [-0.15, -0.1) is 0 Å². The van der Waals surface area contributed by atoms with Crippen LogP contribution in [0.15, 0.2) is 54.5 Å². The SMILES string of the molecule is C=C(/C=C\C=C(\C)CF)Nc1ncnc2cc(C)c(OC(CCC)CC(C)C(C)=O)cc12.CC.CC.CC.CC.CCC(C)C. The number of nitrogens with zero attached hydrogens (tertiary/aromatic N) is 2. The highest BCUT2D eigenvalue weighted by Gasteiger charge is 2.19. The number of alkyl halides is 1. The molecule has 1 aromatic carbocycles. The van der Waals surface area contributed by atoms with E-state index >= 15 is 0 Å². The molecule has 1 N–H and O–H groups in total. The molecule has 2 atom stereocenters. The topological polar surface area (TPSA) is 64.1 Å². The molecule has 0 amide bonds. The second kappa shape index (κ2) is 32.4. The number of rotatable bonds is 13. The molecule has 2 unspecified atom stereocenters. The summed E-state index contributed by atoms with van der Waals surface area (Å²) in [6.07, 6.45) is 10.5. The van der Waals surface area contributed by atoms with E-state index in [4.69, 9.17) is 4.74 Å².